The smallest absolute Gasteiger partial charge is 0.321 e. The third-order valence-electron chi connectivity index (χ3n) is 6.84. The third-order valence-corrected chi connectivity index (χ3v) is 7.17. The van der Waals surface area contributed by atoms with Crippen molar-refractivity contribution in [2.24, 2.45) is 5.92 Å². The van der Waals surface area contributed by atoms with Crippen molar-refractivity contribution in [2.45, 2.75) is 56.3 Å². The molecule has 1 N–H and O–H groups in total. The first kappa shape index (κ1) is 20.8. The highest BCUT2D eigenvalue weighted by Gasteiger charge is 2.46. The van der Waals surface area contributed by atoms with E-state index in [-0.39, 0.29) is 17.4 Å². The van der Waals surface area contributed by atoms with Crippen LogP contribution in [0.25, 0.3) is 0 Å². The van der Waals surface area contributed by atoms with Crippen LogP contribution in [0.1, 0.15) is 62.6 Å². The van der Waals surface area contributed by atoms with E-state index in [0.717, 1.165) is 57.0 Å². The number of ether oxygens (including phenoxy) is 1. The molecule has 1 aromatic heterocycles. The van der Waals surface area contributed by atoms with Gasteiger partial charge in [0.25, 0.3) is 0 Å². The van der Waals surface area contributed by atoms with Crippen LogP contribution in [0, 0.1) is 5.92 Å². The molecule has 1 unspecified atom stereocenters. The zero-order valence-electron chi connectivity index (χ0n) is 17.7. The number of nitrogens with one attached hydrogen (secondary N) is 1. The topological polar surface area (TPSA) is 80.5 Å². The standard InChI is InChI=1S/C23H29ClN4O3/c24-18-4-1-2-5-19(18)25-22(29)28-11-3-10-23(15-28,14-16-6-7-16)21-26-20(31-27-21)17-8-12-30-13-9-17/h1-2,4-5,16-17H,3,6-15H2,(H,25,29). The molecule has 3 aliphatic rings. The number of amides is 2. The Morgan fingerprint density at radius 2 is 2.03 bits per heavy atom. The van der Waals surface area contributed by atoms with Crippen molar-refractivity contribution in [1.29, 1.82) is 0 Å². The number of para-hydroxylation sites is 1. The number of hydrogen-bond acceptors (Lipinski definition) is 5. The molecule has 1 atom stereocenters. The minimum atomic E-state index is -0.246. The van der Waals surface area contributed by atoms with Gasteiger partial charge in [0.1, 0.15) is 0 Å². The predicted octanol–water partition coefficient (Wildman–Crippen LogP) is 4.98. The van der Waals surface area contributed by atoms with E-state index in [1.807, 2.05) is 23.1 Å². The van der Waals surface area contributed by atoms with Crippen LogP contribution in [0.4, 0.5) is 10.5 Å². The zero-order valence-corrected chi connectivity index (χ0v) is 18.4. The van der Waals surface area contributed by atoms with Gasteiger partial charge in [-0.3, -0.25) is 0 Å². The van der Waals surface area contributed by atoms with Crippen molar-refractivity contribution in [2.75, 3.05) is 31.6 Å². The van der Waals surface area contributed by atoms with Crippen molar-refractivity contribution < 1.29 is 14.1 Å². The second kappa shape index (κ2) is 8.79. The van der Waals surface area contributed by atoms with Gasteiger partial charge in [-0.2, -0.15) is 4.98 Å². The van der Waals surface area contributed by atoms with E-state index in [9.17, 15) is 4.79 Å². The Balaban J connectivity index is 1.36. The van der Waals surface area contributed by atoms with Gasteiger partial charge >= 0.3 is 6.03 Å². The molecule has 5 rings (SSSR count). The predicted molar refractivity (Wildman–Crippen MR) is 117 cm³/mol. The van der Waals surface area contributed by atoms with Crippen LogP contribution in [-0.4, -0.2) is 47.4 Å². The van der Waals surface area contributed by atoms with E-state index in [1.54, 1.807) is 6.07 Å². The molecule has 2 amide bonds. The Kier molecular flexibility index (Phi) is 5.89. The average molecular weight is 445 g/mol. The molecule has 2 aliphatic heterocycles. The molecular weight excluding hydrogens is 416 g/mol. The molecule has 0 radical (unpaired) electrons. The molecule has 2 aromatic rings. The lowest BCUT2D eigenvalue weighted by molar-refractivity contribution is 0.0778. The molecule has 1 saturated carbocycles. The summed E-state index contributed by atoms with van der Waals surface area (Å²) in [5, 5.41) is 7.96. The Morgan fingerprint density at radius 1 is 1.23 bits per heavy atom. The Labute approximate surface area is 187 Å². The third kappa shape index (κ3) is 4.58. The quantitative estimate of drug-likeness (QED) is 0.703. The molecule has 7 nitrogen and oxygen atoms in total. The SMILES string of the molecule is O=C(Nc1ccccc1Cl)N1CCCC(CC2CC2)(c2noc(C3CCOCC3)n2)C1. The highest BCUT2D eigenvalue weighted by Crippen LogP contribution is 2.46. The fourth-order valence-electron chi connectivity index (χ4n) is 4.94. The lowest BCUT2D eigenvalue weighted by Gasteiger charge is -2.41. The van der Waals surface area contributed by atoms with Gasteiger partial charge in [-0.1, -0.05) is 41.7 Å². The van der Waals surface area contributed by atoms with Crippen LogP contribution < -0.4 is 5.32 Å². The molecule has 0 bridgehead atoms. The zero-order chi connectivity index (χ0) is 21.3. The van der Waals surface area contributed by atoms with Crippen molar-refractivity contribution in [3.8, 4) is 0 Å². The molecule has 3 heterocycles. The van der Waals surface area contributed by atoms with Crippen molar-refractivity contribution >= 4 is 23.3 Å². The van der Waals surface area contributed by atoms with E-state index in [1.165, 1.54) is 12.8 Å². The Morgan fingerprint density at radius 3 is 2.81 bits per heavy atom. The lowest BCUT2D eigenvalue weighted by atomic mass is 9.75. The van der Waals surface area contributed by atoms with Crippen LogP contribution >= 0.6 is 11.6 Å². The average Bonchev–Trinajstić information content (AvgIpc) is 3.46. The Bertz CT molecular complexity index is 925. The molecule has 1 aromatic carbocycles. The fraction of sp³-hybridized carbons (Fsp3) is 0.609. The molecule has 0 spiro atoms. The first-order chi connectivity index (χ1) is 15.1. The second-order valence-electron chi connectivity index (χ2n) is 9.21. The second-order valence-corrected chi connectivity index (χ2v) is 9.61. The van der Waals surface area contributed by atoms with Gasteiger partial charge in [0.05, 0.1) is 16.1 Å². The highest BCUT2D eigenvalue weighted by atomic mass is 35.5. The summed E-state index contributed by atoms with van der Waals surface area (Å²) >= 11 is 6.24. The van der Waals surface area contributed by atoms with E-state index in [2.05, 4.69) is 10.5 Å². The summed E-state index contributed by atoms with van der Waals surface area (Å²) < 4.78 is 11.2. The van der Waals surface area contributed by atoms with Crippen molar-refractivity contribution in [1.82, 2.24) is 15.0 Å². The number of rotatable bonds is 5. The van der Waals surface area contributed by atoms with Gasteiger partial charge in [0, 0.05) is 32.2 Å². The van der Waals surface area contributed by atoms with Gasteiger partial charge in [-0.25, -0.2) is 4.79 Å². The number of anilines is 1. The number of likely N-dealkylation sites (tertiary alicyclic amines) is 1. The van der Waals surface area contributed by atoms with Gasteiger partial charge < -0.3 is 19.5 Å². The van der Waals surface area contributed by atoms with Crippen LogP contribution in [0.3, 0.4) is 0 Å². The van der Waals surface area contributed by atoms with Crippen LogP contribution in [0.2, 0.25) is 5.02 Å². The number of aromatic nitrogens is 2. The number of carbonyl (C=O) groups excluding carboxylic acids is 1. The summed E-state index contributed by atoms with van der Waals surface area (Å²) in [6.45, 7) is 2.80. The molecule has 2 saturated heterocycles. The molecule has 31 heavy (non-hydrogen) atoms. The number of hydrogen-bond donors (Lipinski definition) is 1. The fourth-order valence-corrected chi connectivity index (χ4v) is 5.12. The van der Waals surface area contributed by atoms with Crippen LogP contribution in [-0.2, 0) is 10.2 Å². The number of nitrogens with zero attached hydrogens (tertiary/aromatic N) is 3. The van der Waals surface area contributed by atoms with Gasteiger partial charge in [-0.15, -0.1) is 0 Å². The number of carbonyl (C=O) groups is 1. The summed E-state index contributed by atoms with van der Waals surface area (Å²) in [5.41, 5.74) is 0.387. The molecular formula is C23H29ClN4O3. The summed E-state index contributed by atoms with van der Waals surface area (Å²) in [7, 11) is 0. The van der Waals surface area contributed by atoms with Gasteiger partial charge in [0.2, 0.25) is 5.89 Å². The largest absolute Gasteiger partial charge is 0.381 e. The van der Waals surface area contributed by atoms with Crippen LogP contribution in [0.15, 0.2) is 28.8 Å². The van der Waals surface area contributed by atoms with E-state index in [4.69, 9.17) is 25.8 Å². The first-order valence-corrected chi connectivity index (χ1v) is 11.7. The van der Waals surface area contributed by atoms with E-state index < -0.39 is 0 Å². The lowest BCUT2D eigenvalue weighted by Crippen LogP contribution is -2.50. The first-order valence-electron chi connectivity index (χ1n) is 11.4. The van der Waals surface area contributed by atoms with E-state index >= 15 is 0 Å². The van der Waals surface area contributed by atoms with Gasteiger partial charge in [0.15, 0.2) is 5.82 Å². The van der Waals surface area contributed by atoms with E-state index in [0.29, 0.717) is 29.7 Å². The number of benzene rings is 1. The summed E-state index contributed by atoms with van der Waals surface area (Å²) in [6, 6.07) is 7.20. The maximum atomic E-state index is 13.1. The number of piperidine rings is 1. The molecule has 8 heteroatoms. The summed E-state index contributed by atoms with van der Waals surface area (Å²) in [4.78, 5) is 19.8. The maximum absolute atomic E-state index is 13.1. The maximum Gasteiger partial charge on any atom is 0.321 e. The number of halogens is 1. The monoisotopic (exact) mass is 444 g/mol. The molecule has 3 fully saturated rings. The Hall–Kier alpha value is -2.12. The highest BCUT2D eigenvalue weighted by molar-refractivity contribution is 6.33. The minimum absolute atomic E-state index is 0.124. The molecule has 166 valence electrons. The van der Waals surface area contributed by atoms with Crippen molar-refractivity contribution in [3.63, 3.8) is 0 Å². The normalized spacial score (nSPS) is 24.9. The summed E-state index contributed by atoms with van der Waals surface area (Å²) in [6.07, 6.45) is 7.25. The van der Waals surface area contributed by atoms with Crippen molar-refractivity contribution in [3.05, 3.63) is 41.0 Å². The minimum Gasteiger partial charge on any atom is -0.381 e. The van der Waals surface area contributed by atoms with Crippen LogP contribution in [0.5, 0.6) is 0 Å². The summed E-state index contributed by atoms with van der Waals surface area (Å²) in [5.74, 6) is 2.47. The number of urea groups is 1. The van der Waals surface area contributed by atoms with Gasteiger partial charge in [-0.05, 0) is 50.2 Å². The molecule has 1 aliphatic carbocycles.